The van der Waals surface area contributed by atoms with Crippen LogP contribution in [0.2, 0.25) is 0 Å². The Balaban J connectivity index is 1.55. The Hall–Kier alpha value is -3.58. The van der Waals surface area contributed by atoms with Crippen LogP contribution in [0.3, 0.4) is 0 Å². The Kier molecular flexibility index (Phi) is 7.99. The number of hydrogen-bond donors (Lipinski definition) is 0. The van der Waals surface area contributed by atoms with Gasteiger partial charge >= 0.3 is 0 Å². The average Bonchev–Trinajstić information content (AvgIpc) is 3.41. The molecule has 0 saturated carbocycles. The number of aromatic nitrogens is 1. The molecule has 0 aliphatic carbocycles. The summed E-state index contributed by atoms with van der Waals surface area (Å²) in [5, 5.41) is 0. The number of carbonyl (C=O) groups excluding carboxylic acids is 1. The first kappa shape index (κ1) is 23.6. The number of pyridine rings is 1. The van der Waals surface area contributed by atoms with Crippen molar-refractivity contribution in [2.75, 3.05) is 34.0 Å². The van der Waals surface area contributed by atoms with Crippen LogP contribution < -0.4 is 14.2 Å². The van der Waals surface area contributed by atoms with E-state index in [-0.39, 0.29) is 5.91 Å². The smallest absolute Gasteiger partial charge is 0.254 e. The van der Waals surface area contributed by atoms with Gasteiger partial charge in [0.2, 0.25) is 0 Å². The molecule has 1 amide bonds. The highest BCUT2D eigenvalue weighted by Gasteiger charge is 2.20. The molecular formula is C27H30N2O5. The summed E-state index contributed by atoms with van der Waals surface area (Å²) in [5.74, 6) is 2.20. The average molecular weight is 463 g/mol. The molecule has 0 unspecified atom stereocenters. The molecule has 1 fully saturated rings. The number of nitrogens with zero attached hydrogens (tertiary/aromatic N) is 2. The predicted octanol–water partition coefficient (Wildman–Crippen LogP) is 4.36. The third kappa shape index (κ3) is 6.26. The lowest BCUT2D eigenvalue weighted by Gasteiger charge is -2.23. The van der Waals surface area contributed by atoms with Crippen molar-refractivity contribution in [1.82, 2.24) is 9.88 Å². The molecule has 34 heavy (non-hydrogen) atoms. The minimum atomic E-state index is -0.141. The summed E-state index contributed by atoms with van der Waals surface area (Å²) in [5.41, 5.74) is 2.26. The van der Waals surface area contributed by atoms with Gasteiger partial charge < -0.3 is 23.8 Å². The first-order valence-electron chi connectivity index (χ1n) is 11.4. The number of methoxy groups -OCH3 is 2. The summed E-state index contributed by atoms with van der Waals surface area (Å²) < 4.78 is 22.2. The lowest BCUT2D eigenvalue weighted by molar-refractivity contribution is 0.0727. The molecule has 2 aromatic carbocycles. The quantitative estimate of drug-likeness (QED) is 0.446. The monoisotopic (exact) mass is 462 g/mol. The fourth-order valence-electron chi connectivity index (χ4n) is 3.88. The molecule has 2 heterocycles. The van der Waals surface area contributed by atoms with Crippen LogP contribution >= 0.6 is 0 Å². The van der Waals surface area contributed by atoms with Crippen molar-refractivity contribution in [3.8, 4) is 17.2 Å². The van der Waals surface area contributed by atoms with Gasteiger partial charge in [-0.1, -0.05) is 18.2 Å². The van der Waals surface area contributed by atoms with Crippen molar-refractivity contribution in [3.05, 3.63) is 83.7 Å². The Bertz CT molecular complexity index is 1060. The van der Waals surface area contributed by atoms with Crippen molar-refractivity contribution >= 4 is 5.91 Å². The molecule has 0 N–H and O–H groups in total. The van der Waals surface area contributed by atoms with Gasteiger partial charge in [-0.2, -0.15) is 0 Å². The lowest BCUT2D eigenvalue weighted by atomic mass is 10.1. The molecule has 0 radical (unpaired) electrons. The van der Waals surface area contributed by atoms with Crippen molar-refractivity contribution in [2.24, 2.45) is 5.92 Å². The lowest BCUT2D eigenvalue weighted by Crippen LogP contribution is -2.30. The van der Waals surface area contributed by atoms with Gasteiger partial charge in [-0.3, -0.25) is 9.78 Å². The number of carbonyl (C=O) groups is 1. The standard InChI is InChI=1S/C27H30N2O5/c1-31-25-13-22(14-26(15-25)32-2)27(30)29(17-23-7-3-4-10-28-23)16-20-6-5-8-24(12-20)34-19-21-9-11-33-18-21/h3-8,10,12-15,21H,9,11,16-19H2,1-2H3/t21-/m0/s1. The SMILES string of the molecule is COc1cc(OC)cc(C(=O)N(Cc2cccc(OC[C@H]3CCOC3)c2)Cc2ccccn2)c1. The Morgan fingerprint density at radius 2 is 1.82 bits per heavy atom. The second-order valence-electron chi connectivity index (χ2n) is 8.27. The minimum absolute atomic E-state index is 0.141. The molecule has 7 nitrogen and oxygen atoms in total. The summed E-state index contributed by atoms with van der Waals surface area (Å²) in [6, 6.07) is 18.8. The Morgan fingerprint density at radius 3 is 2.50 bits per heavy atom. The van der Waals surface area contributed by atoms with E-state index in [4.69, 9.17) is 18.9 Å². The maximum absolute atomic E-state index is 13.6. The molecule has 0 bridgehead atoms. The second kappa shape index (κ2) is 11.5. The van der Waals surface area contributed by atoms with Crippen LogP contribution in [0, 0.1) is 5.92 Å². The molecule has 1 saturated heterocycles. The third-order valence-electron chi connectivity index (χ3n) is 5.75. The zero-order valence-electron chi connectivity index (χ0n) is 19.6. The maximum atomic E-state index is 13.6. The fourth-order valence-corrected chi connectivity index (χ4v) is 3.88. The molecule has 0 spiro atoms. The van der Waals surface area contributed by atoms with Gasteiger partial charge in [0.15, 0.2) is 0 Å². The molecule has 178 valence electrons. The van der Waals surface area contributed by atoms with Crippen LogP contribution in [0.25, 0.3) is 0 Å². The molecule has 1 aliphatic rings. The van der Waals surface area contributed by atoms with Crippen LogP contribution in [-0.2, 0) is 17.8 Å². The second-order valence-corrected chi connectivity index (χ2v) is 8.27. The van der Waals surface area contributed by atoms with Gasteiger partial charge in [0, 0.05) is 36.9 Å². The number of hydrogen-bond acceptors (Lipinski definition) is 6. The van der Waals surface area contributed by atoms with E-state index in [1.54, 1.807) is 43.5 Å². The third-order valence-corrected chi connectivity index (χ3v) is 5.75. The first-order chi connectivity index (χ1) is 16.6. The largest absolute Gasteiger partial charge is 0.497 e. The normalized spacial score (nSPS) is 15.1. The summed E-state index contributed by atoms with van der Waals surface area (Å²) in [6.07, 6.45) is 2.75. The first-order valence-corrected chi connectivity index (χ1v) is 11.4. The van der Waals surface area contributed by atoms with E-state index in [1.807, 2.05) is 42.5 Å². The van der Waals surface area contributed by atoms with Crippen LogP contribution in [0.1, 0.15) is 28.0 Å². The molecule has 3 aromatic rings. The number of ether oxygens (including phenoxy) is 4. The van der Waals surface area contributed by atoms with E-state index < -0.39 is 0 Å². The summed E-state index contributed by atoms with van der Waals surface area (Å²) in [6.45, 7) is 2.94. The van der Waals surface area contributed by atoms with Crippen LogP contribution in [0.5, 0.6) is 17.2 Å². The van der Waals surface area contributed by atoms with Crippen LogP contribution in [-0.4, -0.2) is 49.8 Å². The van der Waals surface area contributed by atoms with Crippen LogP contribution in [0.4, 0.5) is 0 Å². The molecule has 1 atom stereocenters. The van der Waals surface area contributed by atoms with Gasteiger partial charge in [0.05, 0.1) is 39.7 Å². The molecule has 1 aliphatic heterocycles. The zero-order valence-corrected chi connectivity index (χ0v) is 19.6. The topological polar surface area (TPSA) is 70.1 Å². The highest BCUT2D eigenvalue weighted by atomic mass is 16.5. The minimum Gasteiger partial charge on any atom is -0.497 e. The van der Waals surface area contributed by atoms with Gasteiger partial charge in [-0.05, 0) is 48.4 Å². The summed E-state index contributed by atoms with van der Waals surface area (Å²) in [4.78, 5) is 19.8. The van der Waals surface area contributed by atoms with Crippen molar-refractivity contribution < 1.29 is 23.7 Å². The Labute approximate surface area is 200 Å². The van der Waals surface area contributed by atoms with E-state index in [0.29, 0.717) is 42.7 Å². The maximum Gasteiger partial charge on any atom is 0.254 e. The molecule has 7 heteroatoms. The van der Waals surface area contributed by atoms with Crippen molar-refractivity contribution in [3.63, 3.8) is 0 Å². The van der Waals surface area contributed by atoms with E-state index in [2.05, 4.69) is 4.98 Å². The van der Waals surface area contributed by atoms with E-state index in [1.165, 1.54) is 0 Å². The van der Waals surface area contributed by atoms with Crippen molar-refractivity contribution in [2.45, 2.75) is 19.5 Å². The zero-order chi connectivity index (χ0) is 23.8. The summed E-state index contributed by atoms with van der Waals surface area (Å²) >= 11 is 0. The van der Waals surface area contributed by atoms with E-state index in [0.717, 1.165) is 36.6 Å². The van der Waals surface area contributed by atoms with Gasteiger partial charge in [-0.25, -0.2) is 0 Å². The molecule has 1 aromatic heterocycles. The molecule has 4 rings (SSSR count). The number of amides is 1. The van der Waals surface area contributed by atoms with Gasteiger partial charge in [0.25, 0.3) is 5.91 Å². The highest BCUT2D eigenvalue weighted by Crippen LogP contribution is 2.25. The van der Waals surface area contributed by atoms with Crippen LogP contribution in [0.15, 0.2) is 66.9 Å². The predicted molar refractivity (Wildman–Crippen MR) is 128 cm³/mol. The summed E-state index contributed by atoms with van der Waals surface area (Å²) in [7, 11) is 3.13. The number of benzene rings is 2. The van der Waals surface area contributed by atoms with Gasteiger partial charge in [0.1, 0.15) is 17.2 Å². The highest BCUT2D eigenvalue weighted by molar-refractivity contribution is 5.95. The van der Waals surface area contributed by atoms with E-state index >= 15 is 0 Å². The Morgan fingerprint density at radius 1 is 1.00 bits per heavy atom. The van der Waals surface area contributed by atoms with Crippen molar-refractivity contribution in [1.29, 1.82) is 0 Å². The molecular weight excluding hydrogens is 432 g/mol. The van der Waals surface area contributed by atoms with E-state index in [9.17, 15) is 4.79 Å². The fraction of sp³-hybridized carbons (Fsp3) is 0.333. The number of rotatable bonds is 10. The van der Waals surface area contributed by atoms with Gasteiger partial charge in [-0.15, -0.1) is 0 Å².